The van der Waals surface area contributed by atoms with Crippen LogP contribution in [0.5, 0.6) is 5.75 Å². The first-order valence-corrected chi connectivity index (χ1v) is 17.2. The fraction of sp³-hybridized carbons (Fsp3) is 0.528. The summed E-state index contributed by atoms with van der Waals surface area (Å²) in [5.74, 6) is 2.07. The van der Waals surface area contributed by atoms with E-state index < -0.39 is 17.7 Å². The maximum Gasteiger partial charge on any atom is 0.407 e. The number of amides is 1. The molecular weight excluding hydrogens is 666 g/mol. The van der Waals surface area contributed by atoms with Crippen molar-refractivity contribution in [2.75, 3.05) is 66.5 Å². The predicted molar refractivity (Wildman–Crippen MR) is 189 cm³/mol. The first-order valence-electron chi connectivity index (χ1n) is 16.8. The van der Waals surface area contributed by atoms with Gasteiger partial charge in [-0.3, -0.25) is 14.4 Å². The third-order valence-electron chi connectivity index (χ3n) is 7.45. The zero-order valence-corrected chi connectivity index (χ0v) is 30.3. The zero-order valence-electron chi connectivity index (χ0n) is 29.5. The lowest BCUT2D eigenvalue weighted by atomic mass is 9.99. The average molecular weight is 714 g/mol. The summed E-state index contributed by atoms with van der Waals surface area (Å²) < 4.78 is 34.8. The summed E-state index contributed by atoms with van der Waals surface area (Å²) in [6, 6.07) is 12.8. The minimum Gasteiger partial charge on any atom is -0.497 e. The van der Waals surface area contributed by atoms with E-state index in [9.17, 15) is 9.59 Å². The molecule has 1 atom stereocenters. The van der Waals surface area contributed by atoms with E-state index >= 15 is 0 Å². The fourth-order valence-electron chi connectivity index (χ4n) is 5.17. The molecule has 0 radical (unpaired) electrons. The van der Waals surface area contributed by atoms with Gasteiger partial charge in [-0.2, -0.15) is 0 Å². The quantitative estimate of drug-likeness (QED) is 0.150. The molecule has 3 aromatic rings. The lowest BCUT2D eigenvalue weighted by Crippen LogP contribution is -2.34. The van der Waals surface area contributed by atoms with Crippen LogP contribution in [0.4, 0.5) is 4.79 Å². The number of carbonyl (C=O) groups excluding carboxylic acids is 2. The van der Waals surface area contributed by atoms with Gasteiger partial charge in [0.2, 0.25) is 0 Å². The summed E-state index contributed by atoms with van der Waals surface area (Å²) in [5.41, 5.74) is 2.79. The number of alkyl carbamates (subject to hydrolysis) is 1. The largest absolute Gasteiger partial charge is 0.497 e. The molecule has 14 heteroatoms. The molecule has 0 unspecified atom stereocenters. The number of methoxy groups -OCH3 is 1. The second-order valence-electron chi connectivity index (χ2n) is 12.5. The van der Waals surface area contributed by atoms with Crippen molar-refractivity contribution in [3.63, 3.8) is 0 Å². The highest BCUT2D eigenvalue weighted by molar-refractivity contribution is 6.30. The third-order valence-corrected chi connectivity index (χ3v) is 7.70. The van der Waals surface area contributed by atoms with Gasteiger partial charge < -0.3 is 33.7 Å². The second kappa shape index (κ2) is 19.5. The van der Waals surface area contributed by atoms with Crippen LogP contribution in [0.1, 0.15) is 68.9 Å². The summed E-state index contributed by atoms with van der Waals surface area (Å²) in [6.45, 7) is 11.0. The Bertz CT molecular complexity index is 1570. The number of nitrogens with one attached hydrogen (secondary N) is 1. The highest BCUT2D eigenvalue weighted by Gasteiger charge is 2.30. The molecule has 2 heterocycles. The number of aryl methyl sites for hydroxylation is 1. The molecule has 1 N–H and O–H groups in total. The van der Waals surface area contributed by atoms with Crippen molar-refractivity contribution in [2.24, 2.45) is 4.99 Å². The van der Waals surface area contributed by atoms with E-state index in [1.807, 2.05) is 74.7 Å². The molecular formula is C36H48ClN5O8. The lowest BCUT2D eigenvalue weighted by molar-refractivity contribution is -0.119. The molecule has 2 aromatic carbocycles. The molecule has 0 fully saturated rings. The van der Waals surface area contributed by atoms with Gasteiger partial charge in [0, 0.05) is 42.1 Å². The lowest BCUT2D eigenvalue weighted by Gasteiger charge is -2.19. The minimum absolute atomic E-state index is 0.0604. The van der Waals surface area contributed by atoms with Gasteiger partial charge in [-0.25, -0.2) is 4.79 Å². The Morgan fingerprint density at radius 3 is 2.16 bits per heavy atom. The van der Waals surface area contributed by atoms with Crippen molar-refractivity contribution < 1.29 is 38.0 Å². The van der Waals surface area contributed by atoms with Crippen LogP contribution in [0.25, 0.3) is 5.69 Å². The minimum atomic E-state index is -0.531. The Morgan fingerprint density at radius 2 is 1.52 bits per heavy atom. The Morgan fingerprint density at radius 1 is 0.880 bits per heavy atom. The molecule has 0 saturated carbocycles. The number of rotatable bonds is 20. The number of halogens is 1. The third kappa shape index (κ3) is 12.2. The Hall–Kier alpha value is -3.88. The monoisotopic (exact) mass is 713 g/mol. The highest BCUT2D eigenvalue weighted by atomic mass is 35.5. The van der Waals surface area contributed by atoms with Gasteiger partial charge in [-0.05, 0) is 64.4 Å². The van der Waals surface area contributed by atoms with Gasteiger partial charge in [-0.15, -0.1) is 10.2 Å². The number of fused-ring (bicyclic) bond motifs is 3. The van der Waals surface area contributed by atoms with Crippen molar-refractivity contribution in [2.45, 2.75) is 58.6 Å². The second-order valence-corrected chi connectivity index (χ2v) is 13.0. The van der Waals surface area contributed by atoms with Crippen molar-refractivity contribution >= 4 is 29.2 Å². The first kappa shape index (κ1) is 38.9. The van der Waals surface area contributed by atoms with E-state index in [0.717, 1.165) is 22.5 Å². The van der Waals surface area contributed by atoms with Crippen LogP contribution in [0.2, 0.25) is 5.02 Å². The Labute approximate surface area is 298 Å². The number of Topliss-reactive ketones (excluding diaryl/α,β-unsaturated/α-hetero) is 1. The van der Waals surface area contributed by atoms with Gasteiger partial charge in [0.05, 0.1) is 64.8 Å². The molecule has 1 amide bonds. The van der Waals surface area contributed by atoms with Crippen molar-refractivity contribution in [1.29, 1.82) is 0 Å². The highest BCUT2D eigenvalue weighted by Crippen LogP contribution is 2.34. The number of ketones is 1. The van der Waals surface area contributed by atoms with Crippen LogP contribution >= 0.6 is 11.6 Å². The van der Waals surface area contributed by atoms with Crippen LogP contribution in [0, 0.1) is 6.92 Å². The van der Waals surface area contributed by atoms with E-state index in [4.69, 9.17) is 45.0 Å². The number of benzene rings is 2. The predicted octanol–water partition coefficient (Wildman–Crippen LogP) is 5.46. The van der Waals surface area contributed by atoms with E-state index in [1.54, 1.807) is 7.11 Å². The SMILES string of the molecule is COc1ccc2c(c1)C(c1ccc(Cl)cc1)=N[C@@H](CC(=O)CCCOCCOCCOCCOCCNC(=O)OC(C)(C)C)c1nnc(C)n1-2. The molecule has 0 saturated heterocycles. The average Bonchev–Trinajstić information content (AvgIpc) is 3.40. The molecule has 0 spiro atoms. The first-order chi connectivity index (χ1) is 24.1. The molecule has 1 aliphatic heterocycles. The van der Waals surface area contributed by atoms with Crippen molar-refractivity contribution in [3.8, 4) is 11.4 Å². The van der Waals surface area contributed by atoms with Gasteiger partial charge in [0.1, 0.15) is 29.0 Å². The molecule has 13 nitrogen and oxygen atoms in total. The van der Waals surface area contributed by atoms with Gasteiger partial charge in [-0.1, -0.05) is 23.7 Å². The van der Waals surface area contributed by atoms with Crippen molar-refractivity contribution in [1.82, 2.24) is 20.1 Å². The zero-order chi connectivity index (χ0) is 35.9. The molecule has 4 rings (SSSR count). The normalized spacial score (nSPS) is 14.0. The number of ether oxygens (including phenoxy) is 6. The van der Waals surface area contributed by atoms with E-state index in [2.05, 4.69) is 15.5 Å². The Balaban J connectivity index is 1.14. The maximum atomic E-state index is 13.2. The van der Waals surface area contributed by atoms with Crippen LogP contribution in [-0.4, -0.2) is 104 Å². The van der Waals surface area contributed by atoms with Crippen LogP contribution in [0.15, 0.2) is 47.5 Å². The summed E-state index contributed by atoms with van der Waals surface area (Å²) in [5, 5.41) is 12.0. The summed E-state index contributed by atoms with van der Waals surface area (Å²) in [4.78, 5) is 29.9. The van der Waals surface area contributed by atoms with Crippen LogP contribution < -0.4 is 10.1 Å². The Kier molecular flexibility index (Phi) is 15.2. The van der Waals surface area contributed by atoms with E-state index in [0.29, 0.717) is 94.7 Å². The van der Waals surface area contributed by atoms with Crippen LogP contribution in [0.3, 0.4) is 0 Å². The fourth-order valence-corrected chi connectivity index (χ4v) is 5.29. The van der Waals surface area contributed by atoms with E-state index in [-0.39, 0.29) is 12.2 Å². The summed E-state index contributed by atoms with van der Waals surface area (Å²) >= 11 is 6.19. The number of nitrogens with zero attached hydrogens (tertiary/aromatic N) is 4. The summed E-state index contributed by atoms with van der Waals surface area (Å²) in [7, 11) is 1.62. The number of carbonyl (C=O) groups is 2. The van der Waals surface area contributed by atoms with Gasteiger partial charge in [0.25, 0.3) is 0 Å². The number of hydrogen-bond acceptors (Lipinski definition) is 11. The van der Waals surface area contributed by atoms with Gasteiger partial charge in [0.15, 0.2) is 5.82 Å². The molecule has 0 aliphatic carbocycles. The number of aromatic nitrogens is 3. The number of hydrogen-bond donors (Lipinski definition) is 1. The standard InChI is InChI=1S/C36H48ClN5O8/c1-25-40-41-34-31(39-33(26-8-10-27(37)11-9-26)30-24-29(45-5)12-13-32(30)42(25)34)23-28(43)7-6-15-46-17-19-48-21-22-49-20-18-47-16-14-38-35(44)50-36(2,3)4/h8-13,24,31H,6-7,14-23H2,1-5H3,(H,38,44)/t31-/m0/s1. The molecule has 1 aliphatic rings. The van der Waals surface area contributed by atoms with Crippen LogP contribution in [-0.2, 0) is 28.5 Å². The van der Waals surface area contributed by atoms with E-state index in [1.165, 1.54) is 0 Å². The molecule has 0 bridgehead atoms. The van der Waals surface area contributed by atoms with Crippen molar-refractivity contribution in [3.05, 3.63) is 70.3 Å². The molecule has 1 aromatic heterocycles. The topological polar surface area (TPSA) is 145 Å². The molecule has 272 valence electrons. The van der Waals surface area contributed by atoms with Gasteiger partial charge >= 0.3 is 6.09 Å². The smallest absolute Gasteiger partial charge is 0.407 e. The number of aliphatic imine (C=N–C) groups is 1. The maximum absolute atomic E-state index is 13.2. The molecule has 50 heavy (non-hydrogen) atoms. The summed E-state index contributed by atoms with van der Waals surface area (Å²) in [6.07, 6.45) is 0.647.